The van der Waals surface area contributed by atoms with E-state index < -0.39 is 10.1 Å². The van der Waals surface area contributed by atoms with Crippen molar-refractivity contribution in [2.45, 2.75) is 11.8 Å². The molecular formula is C8H8FO3S. The highest BCUT2D eigenvalue weighted by Crippen LogP contribution is 2.13. The summed E-state index contributed by atoms with van der Waals surface area (Å²) in [7, 11) is -3.96. The molecular weight excluding hydrogens is 195 g/mol. The number of rotatable bonds is 3. The molecule has 0 fully saturated rings. The molecule has 0 amide bonds. The Morgan fingerprint density at radius 3 is 2.31 bits per heavy atom. The maximum atomic E-state index is 11.5. The molecule has 0 saturated carbocycles. The fraction of sp³-hybridized carbons (Fsp3) is 0.125. The van der Waals surface area contributed by atoms with Crippen LogP contribution in [-0.4, -0.2) is 8.42 Å². The van der Waals surface area contributed by atoms with Crippen LogP contribution in [0, 0.1) is 13.8 Å². The Morgan fingerprint density at radius 2 is 1.85 bits per heavy atom. The lowest BCUT2D eigenvalue weighted by Gasteiger charge is -2.00. The van der Waals surface area contributed by atoms with E-state index >= 15 is 0 Å². The summed E-state index contributed by atoms with van der Waals surface area (Å²) < 4.78 is 37.5. The van der Waals surface area contributed by atoms with E-state index in [0.717, 1.165) is 5.56 Å². The molecule has 0 unspecified atom stereocenters. The lowest BCUT2D eigenvalue weighted by atomic mass is 10.2. The molecule has 0 aliphatic rings. The average Bonchev–Trinajstić information content (AvgIpc) is 2.05. The zero-order valence-electron chi connectivity index (χ0n) is 6.90. The number of hydrogen-bond donors (Lipinski definition) is 0. The average molecular weight is 203 g/mol. The minimum Gasteiger partial charge on any atom is -0.223 e. The van der Waals surface area contributed by atoms with Crippen molar-refractivity contribution in [3.8, 4) is 0 Å². The third kappa shape index (κ3) is 2.50. The second-order valence-electron chi connectivity index (χ2n) is 2.45. The molecule has 0 aliphatic carbocycles. The van der Waals surface area contributed by atoms with Crippen LogP contribution in [0.1, 0.15) is 5.56 Å². The van der Waals surface area contributed by atoms with Gasteiger partial charge in [-0.15, -0.1) is 0 Å². The molecule has 0 heterocycles. The third-order valence-corrected chi connectivity index (χ3v) is 2.65. The smallest absolute Gasteiger partial charge is 0.223 e. The van der Waals surface area contributed by atoms with Gasteiger partial charge in [0.25, 0.3) is 17.0 Å². The van der Waals surface area contributed by atoms with Crippen molar-refractivity contribution in [3.05, 3.63) is 36.7 Å². The van der Waals surface area contributed by atoms with Crippen LogP contribution >= 0.6 is 0 Å². The SMILES string of the molecule is Cc1ccc(S(=O)(=O)O[CH]F)cc1. The van der Waals surface area contributed by atoms with Gasteiger partial charge in [0.1, 0.15) is 0 Å². The van der Waals surface area contributed by atoms with Crippen LogP contribution in [0.25, 0.3) is 0 Å². The standard InChI is InChI=1S/C8H8FO3S/c1-7-2-4-8(5-3-7)13(10,11)12-6-9/h2-6H,1H3. The van der Waals surface area contributed by atoms with Crippen molar-refractivity contribution < 1.29 is 17.0 Å². The fourth-order valence-electron chi connectivity index (χ4n) is 0.808. The monoisotopic (exact) mass is 203 g/mol. The highest BCUT2D eigenvalue weighted by Gasteiger charge is 2.14. The first-order valence-electron chi connectivity index (χ1n) is 3.48. The Hall–Kier alpha value is -0.940. The Labute approximate surface area is 76.3 Å². The molecule has 0 aromatic heterocycles. The van der Waals surface area contributed by atoms with Crippen LogP contribution in [0.2, 0.25) is 0 Å². The molecule has 0 N–H and O–H groups in total. The van der Waals surface area contributed by atoms with E-state index in [1.54, 1.807) is 12.1 Å². The highest BCUT2D eigenvalue weighted by molar-refractivity contribution is 7.86. The van der Waals surface area contributed by atoms with Gasteiger partial charge in [-0.2, -0.15) is 8.42 Å². The molecule has 0 atom stereocenters. The van der Waals surface area contributed by atoms with Gasteiger partial charge in [-0.3, -0.25) is 0 Å². The van der Waals surface area contributed by atoms with Crippen LogP contribution in [0.15, 0.2) is 29.2 Å². The van der Waals surface area contributed by atoms with Crippen molar-refractivity contribution in [1.29, 1.82) is 0 Å². The van der Waals surface area contributed by atoms with Crippen molar-refractivity contribution in [1.82, 2.24) is 0 Å². The van der Waals surface area contributed by atoms with E-state index in [1.165, 1.54) is 12.1 Å². The fourth-order valence-corrected chi connectivity index (χ4v) is 1.48. The van der Waals surface area contributed by atoms with Crippen molar-refractivity contribution >= 4 is 10.1 Å². The second kappa shape index (κ2) is 3.85. The van der Waals surface area contributed by atoms with Crippen molar-refractivity contribution in [2.24, 2.45) is 0 Å². The molecule has 0 saturated heterocycles. The van der Waals surface area contributed by atoms with Crippen LogP contribution < -0.4 is 0 Å². The van der Waals surface area contributed by atoms with Gasteiger partial charge in [-0.05, 0) is 19.1 Å². The Kier molecular flexibility index (Phi) is 3.00. The lowest BCUT2D eigenvalue weighted by Crippen LogP contribution is -2.02. The Morgan fingerprint density at radius 1 is 1.31 bits per heavy atom. The van der Waals surface area contributed by atoms with Gasteiger partial charge in [-0.25, -0.2) is 8.57 Å². The zero-order valence-corrected chi connectivity index (χ0v) is 7.71. The van der Waals surface area contributed by atoms with Gasteiger partial charge in [0.2, 0.25) is 0 Å². The molecule has 71 valence electrons. The summed E-state index contributed by atoms with van der Waals surface area (Å²) in [4.78, 5) is -0.0630. The van der Waals surface area contributed by atoms with Gasteiger partial charge in [0.15, 0.2) is 0 Å². The van der Waals surface area contributed by atoms with Crippen LogP contribution in [-0.2, 0) is 14.3 Å². The van der Waals surface area contributed by atoms with Gasteiger partial charge in [0, 0.05) is 0 Å². The first-order valence-corrected chi connectivity index (χ1v) is 4.89. The Bertz CT molecular complexity index is 369. The normalized spacial score (nSPS) is 11.5. The first-order chi connectivity index (χ1) is 6.06. The minimum atomic E-state index is -3.96. The molecule has 1 aromatic rings. The summed E-state index contributed by atoms with van der Waals surface area (Å²) in [5, 5.41) is 0. The molecule has 1 aromatic carbocycles. The van der Waals surface area contributed by atoms with Crippen molar-refractivity contribution in [3.63, 3.8) is 0 Å². The van der Waals surface area contributed by atoms with Gasteiger partial charge >= 0.3 is 0 Å². The summed E-state index contributed by atoms with van der Waals surface area (Å²) in [6.07, 6.45) is 0. The van der Waals surface area contributed by atoms with Crippen LogP contribution in [0.3, 0.4) is 0 Å². The third-order valence-electron chi connectivity index (χ3n) is 1.47. The van der Waals surface area contributed by atoms with E-state index in [1.807, 2.05) is 6.92 Å². The molecule has 1 radical (unpaired) electrons. The van der Waals surface area contributed by atoms with Gasteiger partial charge in [-0.1, -0.05) is 17.7 Å². The van der Waals surface area contributed by atoms with Gasteiger partial charge < -0.3 is 0 Å². The van der Waals surface area contributed by atoms with Gasteiger partial charge in [0.05, 0.1) is 4.90 Å². The molecule has 5 heteroatoms. The Balaban J connectivity index is 3.02. The number of aryl methyl sites for hydroxylation is 1. The molecule has 0 spiro atoms. The summed E-state index contributed by atoms with van der Waals surface area (Å²) >= 11 is 0. The predicted molar refractivity (Wildman–Crippen MR) is 44.9 cm³/mol. The predicted octanol–water partition coefficient (Wildman–Crippen LogP) is 1.79. The molecule has 0 aliphatic heterocycles. The largest absolute Gasteiger partial charge is 0.299 e. The van der Waals surface area contributed by atoms with E-state index in [4.69, 9.17) is 0 Å². The maximum Gasteiger partial charge on any atom is 0.299 e. The number of halogens is 1. The maximum absolute atomic E-state index is 11.5. The van der Waals surface area contributed by atoms with Crippen LogP contribution in [0.4, 0.5) is 4.39 Å². The van der Waals surface area contributed by atoms with E-state index in [0.29, 0.717) is 0 Å². The first kappa shape index (κ1) is 10.1. The lowest BCUT2D eigenvalue weighted by molar-refractivity contribution is 0.289. The molecule has 0 bridgehead atoms. The molecule has 3 nitrogen and oxygen atoms in total. The summed E-state index contributed by atoms with van der Waals surface area (Å²) in [5.41, 5.74) is 0.920. The molecule has 13 heavy (non-hydrogen) atoms. The van der Waals surface area contributed by atoms with Crippen LogP contribution in [0.5, 0.6) is 0 Å². The molecule has 1 rings (SSSR count). The van der Waals surface area contributed by atoms with E-state index in [9.17, 15) is 12.8 Å². The van der Waals surface area contributed by atoms with E-state index in [2.05, 4.69) is 4.18 Å². The van der Waals surface area contributed by atoms with E-state index in [-0.39, 0.29) is 11.8 Å². The second-order valence-corrected chi connectivity index (χ2v) is 4.02. The summed E-state index contributed by atoms with van der Waals surface area (Å²) in [6.45, 7) is 1.47. The highest BCUT2D eigenvalue weighted by atomic mass is 32.2. The zero-order chi connectivity index (χ0) is 9.90. The summed E-state index contributed by atoms with van der Waals surface area (Å²) in [6, 6.07) is 5.92. The summed E-state index contributed by atoms with van der Waals surface area (Å²) in [5.74, 6) is 0. The topological polar surface area (TPSA) is 43.4 Å². The number of benzene rings is 1. The quantitative estimate of drug-likeness (QED) is 0.703. The van der Waals surface area contributed by atoms with Crippen molar-refractivity contribution in [2.75, 3.05) is 0 Å². The number of hydrogen-bond acceptors (Lipinski definition) is 3. The minimum absolute atomic E-state index is 0.0630.